The van der Waals surface area contributed by atoms with Crippen molar-refractivity contribution in [3.05, 3.63) is 35.3 Å². The van der Waals surface area contributed by atoms with Crippen LogP contribution in [0.5, 0.6) is 11.5 Å². The molecular weight excluding hydrogens is 368 g/mol. The van der Waals surface area contributed by atoms with Crippen molar-refractivity contribution in [2.24, 2.45) is 11.0 Å². The van der Waals surface area contributed by atoms with Crippen molar-refractivity contribution < 1.29 is 13.9 Å². The summed E-state index contributed by atoms with van der Waals surface area (Å²) in [6.07, 6.45) is 4.40. The number of ether oxygens (including phenoxy) is 2. The largest absolute Gasteiger partial charge is 0.493 e. The molecule has 1 heterocycles. The van der Waals surface area contributed by atoms with Crippen LogP contribution in [0.15, 0.2) is 27.7 Å². The van der Waals surface area contributed by atoms with E-state index in [1.807, 2.05) is 24.3 Å². The lowest BCUT2D eigenvalue weighted by Crippen LogP contribution is -2.03. The summed E-state index contributed by atoms with van der Waals surface area (Å²) in [4.78, 5) is 4.28. The number of hydrazone groups is 1. The SMILES string of the molecule is CCC(CC)c1nc(C#N)c(NN=Cc2ccc(OCCC(C)C)c(OC)c2)o1. The highest BCUT2D eigenvalue weighted by molar-refractivity contribution is 5.81. The van der Waals surface area contributed by atoms with E-state index in [4.69, 9.17) is 13.9 Å². The van der Waals surface area contributed by atoms with Crippen LogP contribution in [-0.4, -0.2) is 24.9 Å². The average Bonchev–Trinajstić information content (AvgIpc) is 3.12. The fraction of sp³-hybridized carbons (Fsp3) is 0.500. The Bertz CT molecular complexity index is 848. The molecule has 1 aromatic heterocycles. The molecule has 0 saturated heterocycles. The minimum atomic E-state index is 0.189. The Balaban J connectivity index is 2.07. The number of hydrogen-bond donors (Lipinski definition) is 1. The fourth-order valence-corrected chi connectivity index (χ4v) is 2.75. The van der Waals surface area contributed by atoms with E-state index in [-0.39, 0.29) is 17.5 Å². The highest BCUT2D eigenvalue weighted by Crippen LogP contribution is 2.29. The van der Waals surface area contributed by atoms with Gasteiger partial charge < -0.3 is 13.9 Å². The maximum atomic E-state index is 9.28. The van der Waals surface area contributed by atoms with Crippen LogP contribution in [0.25, 0.3) is 0 Å². The highest BCUT2D eigenvalue weighted by atomic mass is 16.5. The molecule has 0 spiro atoms. The molecule has 2 rings (SSSR count). The maximum absolute atomic E-state index is 9.28. The summed E-state index contributed by atoms with van der Waals surface area (Å²) < 4.78 is 16.9. The molecule has 0 aliphatic heterocycles. The minimum Gasteiger partial charge on any atom is -0.493 e. The average molecular weight is 399 g/mol. The fourth-order valence-electron chi connectivity index (χ4n) is 2.75. The smallest absolute Gasteiger partial charge is 0.252 e. The Morgan fingerprint density at radius 3 is 2.66 bits per heavy atom. The Morgan fingerprint density at radius 1 is 1.28 bits per heavy atom. The summed E-state index contributed by atoms with van der Waals surface area (Å²) in [6.45, 7) is 9.10. The van der Waals surface area contributed by atoms with Gasteiger partial charge >= 0.3 is 0 Å². The Labute approximate surface area is 172 Å². The first-order valence-corrected chi connectivity index (χ1v) is 10.0. The van der Waals surface area contributed by atoms with Gasteiger partial charge in [-0.25, -0.2) is 10.4 Å². The van der Waals surface area contributed by atoms with Crippen molar-refractivity contribution in [3.8, 4) is 17.6 Å². The van der Waals surface area contributed by atoms with E-state index >= 15 is 0 Å². The number of oxazole rings is 1. The molecule has 0 bridgehead atoms. The van der Waals surface area contributed by atoms with Crippen LogP contribution in [0.3, 0.4) is 0 Å². The molecule has 0 atom stereocenters. The zero-order valence-corrected chi connectivity index (χ0v) is 17.9. The Hall–Kier alpha value is -3.01. The second-order valence-electron chi connectivity index (χ2n) is 7.17. The van der Waals surface area contributed by atoms with Gasteiger partial charge in [0.05, 0.1) is 19.9 Å². The predicted molar refractivity (Wildman–Crippen MR) is 114 cm³/mol. The lowest BCUT2D eigenvalue weighted by atomic mass is 10.0. The number of benzene rings is 1. The molecule has 0 aliphatic carbocycles. The Morgan fingerprint density at radius 2 is 2.03 bits per heavy atom. The molecular formula is C22H30N4O3. The molecule has 156 valence electrons. The van der Waals surface area contributed by atoms with E-state index in [2.05, 4.69) is 43.2 Å². The topological polar surface area (TPSA) is 92.7 Å². The van der Waals surface area contributed by atoms with Crippen LogP contribution in [0.1, 0.15) is 70.0 Å². The van der Waals surface area contributed by atoms with Gasteiger partial charge in [0.1, 0.15) is 6.07 Å². The normalized spacial score (nSPS) is 11.2. The quantitative estimate of drug-likeness (QED) is 0.406. The lowest BCUT2D eigenvalue weighted by Gasteiger charge is -2.12. The maximum Gasteiger partial charge on any atom is 0.252 e. The zero-order chi connectivity index (χ0) is 21.2. The molecule has 0 aliphatic rings. The molecule has 0 saturated carbocycles. The molecule has 2 aromatic rings. The molecule has 1 N–H and O–H groups in total. The van der Waals surface area contributed by atoms with Crippen molar-refractivity contribution in [1.29, 1.82) is 5.26 Å². The van der Waals surface area contributed by atoms with E-state index in [0.29, 0.717) is 29.9 Å². The van der Waals surface area contributed by atoms with Crippen LogP contribution in [0.2, 0.25) is 0 Å². The summed E-state index contributed by atoms with van der Waals surface area (Å²) >= 11 is 0. The number of anilines is 1. The van der Waals surface area contributed by atoms with Gasteiger partial charge in [-0.3, -0.25) is 0 Å². The van der Waals surface area contributed by atoms with Gasteiger partial charge in [0, 0.05) is 5.92 Å². The summed E-state index contributed by atoms with van der Waals surface area (Å²) in [5, 5.41) is 13.5. The first-order valence-electron chi connectivity index (χ1n) is 10.0. The second kappa shape index (κ2) is 11.1. The molecule has 1 aromatic carbocycles. The first kappa shape index (κ1) is 22.3. The number of nitriles is 1. The van der Waals surface area contributed by atoms with Crippen LogP contribution >= 0.6 is 0 Å². The van der Waals surface area contributed by atoms with E-state index in [9.17, 15) is 5.26 Å². The van der Waals surface area contributed by atoms with Crippen molar-refractivity contribution in [2.75, 3.05) is 19.1 Å². The third-order valence-electron chi connectivity index (χ3n) is 4.60. The third kappa shape index (κ3) is 6.24. The Kier molecular flexibility index (Phi) is 8.53. The number of rotatable bonds is 11. The molecule has 7 nitrogen and oxygen atoms in total. The predicted octanol–water partition coefficient (Wildman–Crippen LogP) is 5.33. The zero-order valence-electron chi connectivity index (χ0n) is 17.9. The van der Waals surface area contributed by atoms with Crippen LogP contribution in [0, 0.1) is 17.2 Å². The number of nitrogens with zero attached hydrogens (tertiary/aromatic N) is 3. The van der Waals surface area contributed by atoms with Gasteiger partial charge in [-0.15, -0.1) is 0 Å². The summed E-state index contributed by atoms with van der Waals surface area (Å²) in [6, 6.07) is 7.64. The van der Waals surface area contributed by atoms with Crippen molar-refractivity contribution in [1.82, 2.24) is 4.98 Å². The summed E-state index contributed by atoms with van der Waals surface area (Å²) in [7, 11) is 1.61. The van der Waals surface area contributed by atoms with Gasteiger partial charge in [-0.05, 0) is 48.9 Å². The third-order valence-corrected chi connectivity index (χ3v) is 4.60. The number of aromatic nitrogens is 1. The lowest BCUT2D eigenvalue weighted by molar-refractivity contribution is 0.273. The second-order valence-corrected chi connectivity index (χ2v) is 7.17. The summed E-state index contributed by atoms with van der Waals surface area (Å²) in [5.41, 5.74) is 3.81. The van der Waals surface area contributed by atoms with Gasteiger partial charge in [-0.2, -0.15) is 10.4 Å². The first-order chi connectivity index (χ1) is 14.0. The molecule has 0 fully saturated rings. The van der Waals surface area contributed by atoms with Crippen molar-refractivity contribution >= 4 is 12.1 Å². The van der Waals surface area contributed by atoms with E-state index < -0.39 is 0 Å². The molecule has 7 heteroatoms. The van der Waals surface area contributed by atoms with Gasteiger partial charge in [0.15, 0.2) is 11.5 Å². The van der Waals surface area contributed by atoms with Crippen LogP contribution in [-0.2, 0) is 0 Å². The number of methoxy groups -OCH3 is 1. The van der Waals surface area contributed by atoms with E-state index in [1.54, 1.807) is 13.3 Å². The van der Waals surface area contributed by atoms with E-state index in [1.165, 1.54) is 0 Å². The van der Waals surface area contributed by atoms with Crippen LogP contribution in [0.4, 0.5) is 5.88 Å². The summed E-state index contributed by atoms with van der Waals surface area (Å²) in [5.74, 6) is 2.94. The van der Waals surface area contributed by atoms with Gasteiger partial charge in [-0.1, -0.05) is 27.7 Å². The van der Waals surface area contributed by atoms with Gasteiger partial charge in [0.25, 0.3) is 5.88 Å². The van der Waals surface area contributed by atoms with E-state index in [0.717, 1.165) is 24.8 Å². The molecule has 0 radical (unpaired) electrons. The van der Waals surface area contributed by atoms with Crippen LogP contribution < -0.4 is 14.9 Å². The highest BCUT2D eigenvalue weighted by Gasteiger charge is 2.18. The molecule has 29 heavy (non-hydrogen) atoms. The minimum absolute atomic E-state index is 0.189. The molecule has 0 unspecified atom stereocenters. The number of nitrogens with one attached hydrogen (secondary N) is 1. The molecule has 0 amide bonds. The van der Waals surface area contributed by atoms with Crippen molar-refractivity contribution in [3.63, 3.8) is 0 Å². The van der Waals surface area contributed by atoms with Crippen molar-refractivity contribution in [2.45, 2.75) is 52.9 Å². The monoisotopic (exact) mass is 398 g/mol. The van der Waals surface area contributed by atoms with Gasteiger partial charge in [0.2, 0.25) is 11.6 Å². The number of hydrogen-bond acceptors (Lipinski definition) is 7. The standard InChI is InChI=1S/C22H30N4O3/c1-6-17(7-2)21-25-18(13-23)22(29-21)26-24-14-16-8-9-19(20(12-16)27-5)28-11-10-15(3)4/h8-9,12,14-15,17,26H,6-7,10-11H2,1-5H3.